The van der Waals surface area contributed by atoms with Crippen molar-refractivity contribution in [2.75, 3.05) is 6.54 Å². The van der Waals surface area contributed by atoms with Gasteiger partial charge in [-0.05, 0) is 84.4 Å². The second kappa shape index (κ2) is 13.1. The summed E-state index contributed by atoms with van der Waals surface area (Å²) in [6.45, 7) is 21.4. The first-order valence-corrected chi connectivity index (χ1v) is 13.2. The van der Waals surface area contributed by atoms with Crippen LogP contribution in [0.5, 0.6) is 0 Å². The quantitative estimate of drug-likeness (QED) is 0.421. The highest BCUT2D eigenvalue weighted by Gasteiger charge is 2.39. The molecule has 0 radical (unpaired) electrons. The Hall–Kier alpha value is -2.57. The van der Waals surface area contributed by atoms with E-state index in [0.717, 1.165) is 29.5 Å². The molecule has 0 aliphatic rings. The van der Waals surface area contributed by atoms with Crippen molar-refractivity contribution in [3.63, 3.8) is 0 Å². The van der Waals surface area contributed by atoms with E-state index in [4.69, 9.17) is 4.74 Å². The van der Waals surface area contributed by atoms with E-state index >= 15 is 0 Å². The second-order valence-corrected chi connectivity index (χ2v) is 11.8. The molecule has 1 aromatic carbocycles. The summed E-state index contributed by atoms with van der Waals surface area (Å²) in [6.07, 6.45) is 1.63. The number of unbranched alkanes of at least 4 members (excludes halogenated alkanes) is 1. The molecule has 204 valence electrons. The zero-order chi connectivity index (χ0) is 27.8. The molecule has 1 rings (SSSR count). The average Bonchev–Trinajstić information content (AvgIpc) is 2.72. The Morgan fingerprint density at radius 3 is 2.00 bits per heavy atom. The maximum atomic E-state index is 14.2. The first-order chi connectivity index (χ1) is 16.5. The molecule has 3 amide bonds. The minimum Gasteiger partial charge on any atom is -0.444 e. The van der Waals surface area contributed by atoms with Crippen LogP contribution in [-0.2, 0) is 14.3 Å². The third-order valence-electron chi connectivity index (χ3n) is 6.06. The van der Waals surface area contributed by atoms with Crippen molar-refractivity contribution in [3.8, 4) is 0 Å². The Morgan fingerprint density at radius 1 is 1.00 bits per heavy atom. The van der Waals surface area contributed by atoms with Gasteiger partial charge in [0.05, 0.1) is 0 Å². The number of amides is 3. The SMILES string of the molecule is CCCCN(C(=O)C(NC(=O)OC(C)(C)C)C(C)CC)C(C(=O)NC(C)(C)C)c1c(C)cccc1C. The number of alkyl carbamates (subject to hydrolysis) is 1. The van der Waals surface area contributed by atoms with Crippen molar-refractivity contribution in [1.29, 1.82) is 0 Å². The van der Waals surface area contributed by atoms with Gasteiger partial charge < -0.3 is 20.3 Å². The van der Waals surface area contributed by atoms with Crippen LogP contribution in [0, 0.1) is 19.8 Å². The Kier molecular flexibility index (Phi) is 11.5. The summed E-state index contributed by atoms with van der Waals surface area (Å²) in [5.41, 5.74) is 1.54. The van der Waals surface area contributed by atoms with Crippen molar-refractivity contribution in [2.45, 2.75) is 119 Å². The van der Waals surface area contributed by atoms with Gasteiger partial charge in [-0.15, -0.1) is 0 Å². The Balaban J connectivity index is 3.64. The molecule has 0 bridgehead atoms. The maximum Gasteiger partial charge on any atom is 0.408 e. The number of carbonyl (C=O) groups is 3. The fourth-order valence-electron chi connectivity index (χ4n) is 4.12. The van der Waals surface area contributed by atoms with Crippen LogP contribution in [0.4, 0.5) is 4.79 Å². The van der Waals surface area contributed by atoms with E-state index in [-0.39, 0.29) is 17.7 Å². The summed E-state index contributed by atoms with van der Waals surface area (Å²) >= 11 is 0. The minimum atomic E-state index is -0.823. The van der Waals surface area contributed by atoms with Crippen LogP contribution in [0.2, 0.25) is 0 Å². The molecule has 0 aliphatic heterocycles. The lowest BCUT2D eigenvalue weighted by Gasteiger charge is -2.38. The predicted molar refractivity (Wildman–Crippen MR) is 146 cm³/mol. The molecule has 3 atom stereocenters. The van der Waals surface area contributed by atoms with Crippen LogP contribution in [0.1, 0.15) is 104 Å². The van der Waals surface area contributed by atoms with Gasteiger partial charge in [0, 0.05) is 12.1 Å². The number of hydrogen-bond acceptors (Lipinski definition) is 4. The first-order valence-electron chi connectivity index (χ1n) is 13.2. The van der Waals surface area contributed by atoms with E-state index in [1.807, 2.05) is 66.7 Å². The molecular formula is C29H49N3O4. The van der Waals surface area contributed by atoms with Crippen molar-refractivity contribution in [3.05, 3.63) is 34.9 Å². The van der Waals surface area contributed by atoms with E-state index in [2.05, 4.69) is 17.6 Å². The molecule has 0 heterocycles. The highest BCUT2D eigenvalue weighted by molar-refractivity contribution is 5.93. The standard InChI is InChI=1S/C29H49N3O4/c1-12-14-18-32(26(34)23(19(3)13-2)30-27(35)36-29(9,10)11)24(25(33)31-28(6,7)8)22-20(4)16-15-17-21(22)5/h15-17,19,23-24H,12-14,18H2,1-11H3,(H,30,35)(H,31,33). The lowest BCUT2D eigenvalue weighted by molar-refractivity contribution is -0.144. The van der Waals surface area contributed by atoms with Crippen LogP contribution < -0.4 is 10.6 Å². The van der Waals surface area contributed by atoms with Gasteiger partial charge in [0.15, 0.2) is 0 Å². The van der Waals surface area contributed by atoms with Crippen LogP contribution in [0.3, 0.4) is 0 Å². The van der Waals surface area contributed by atoms with Crippen LogP contribution in [0.25, 0.3) is 0 Å². The third-order valence-corrected chi connectivity index (χ3v) is 6.06. The van der Waals surface area contributed by atoms with E-state index < -0.39 is 29.3 Å². The summed E-state index contributed by atoms with van der Waals surface area (Å²) in [5.74, 6) is -0.664. The number of rotatable bonds is 10. The smallest absolute Gasteiger partial charge is 0.408 e. The summed E-state index contributed by atoms with van der Waals surface area (Å²) in [4.78, 5) is 42.4. The van der Waals surface area contributed by atoms with Crippen molar-refractivity contribution in [2.24, 2.45) is 5.92 Å². The molecule has 0 aromatic heterocycles. The number of hydrogen-bond donors (Lipinski definition) is 2. The number of nitrogens with zero attached hydrogens (tertiary/aromatic N) is 1. The zero-order valence-electron chi connectivity index (χ0n) is 24.4. The van der Waals surface area contributed by atoms with Crippen LogP contribution in [-0.4, -0.2) is 46.5 Å². The Morgan fingerprint density at radius 2 is 1.56 bits per heavy atom. The average molecular weight is 504 g/mol. The van der Waals surface area contributed by atoms with Crippen molar-refractivity contribution < 1.29 is 19.1 Å². The minimum absolute atomic E-state index is 0.154. The van der Waals surface area contributed by atoms with Gasteiger partial charge in [-0.25, -0.2) is 4.79 Å². The number of benzene rings is 1. The summed E-state index contributed by atoms with van der Waals surface area (Å²) in [7, 11) is 0. The topological polar surface area (TPSA) is 87.7 Å². The van der Waals surface area contributed by atoms with Gasteiger partial charge in [-0.2, -0.15) is 0 Å². The fraction of sp³-hybridized carbons (Fsp3) is 0.690. The molecule has 1 aromatic rings. The number of aryl methyl sites for hydroxylation is 2. The molecule has 7 nitrogen and oxygen atoms in total. The third kappa shape index (κ3) is 9.47. The fourth-order valence-corrected chi connectivity index (χ4v) is 4.12. The highest BCUT2D eigenvalue weighted by atomic mass is 16.6. The number of ether oxygens (including phenoxy) is 1. The number of nitrogens with one attached hydrogen (secondary N) is 2. The monoisotopic (exact) mass is 503 g/mol. The van der Waals surface area contributed by atoms with Crippen LogP contribution in [0.15, 0.2) is 18.2 Å². The lowest BCUT2D eigenvalue weighted by Crippen LogP contribution is -2.56. The Labute approximate surface area is 218 Å². The number of carbonyl (C=O) groups excluding carboxylic acids is 3. The molecule has 0 fully saturated rings. The molecule has 36 heavy (non-hydrogen) atoms. The highest BCUT2D eigenvalue weighted by Crippen LogP contribution is 2.30. The van der Waals surface area contributed by atoms with E-state index in [1.165, 1.54) is 0 Å². The van der Waals surface area contributed by atoms with E-state index in [9.17, 15) is 14.4 Å². The summed E-state index contributed by atoms with van der Waals surface area (Å²) in [6, 6.07) is 4.24. The largest absolute Gasteiger partial charge is 0.444 e. The van der Waals surface area contributed by atoms with E-state index in [1.54, 1.807) is 25.7 Å². The molecule has 7 heteroatoms. The molecule has 0 saturated carbocycles. The molecule has 0 spiro atoms. The normalized spacial score (nSPS) is 14.4. The van der Waals surface area contributed by atoms with Crippen molar-refractivity contribution in [1.82, 2.24) is 15.5 Å². The molecule has 2 N–H and O–H groups in total. The first kappa shape index (κ1) is 31.5. The maximum absolute atomic E-state index is 14.2. The van der Waals surface area contributed by atoms with Gasteiger partial charge in [-0.3, -0.25) is 9.59 Å². The lowest BCUT2D eigenvalue weighted by atomic mass is 9.91. The van der Waals surface area contributed by atoms with E-state index in [0.29, 0.717) is 13.0 Å². The molecule has 0 saturated heterocycles. The summed E-state index contributed by atoms with van der Waals surface area (Å²) in [5, 5.41) is 5.91. The second-order valence-electron chi connectivity index (χ2n) is 11.8. The molecule has 0 aliphatic carbocycles. The van der Waals surface area contributed by atoms with Gasteiger partial charge in [0.2, 0.25) is 11.8 Å². The Bertz CT molecular complexity index is 879. The van der Waals surface area contributed by atoms with Crippen molar-refractivity contribution >= 4 is 17.9 Å². The van der Waals surface area contributed by atoms with Gasteiger partial charge in [0.1, 0.15) is 17.7 Å². The van der Waals surface area contributed by atoms with Gasteiger partial charge >= 0.3 is 6.09 Å². The molecule has 3 unspecified atom stereocenters. The molecular weight excluding hydrogens is 454 g/mol. The zero-order valence-corrected chi connectivity index (χ0v) is 24.4. The summed E-state index contributed by atoms with van der Waals surface area (Å²) < 4.78 is 5.47. The van der Waals surface area contributed by atoms with Gasteiger partial charge in [-0.1, -0.05) is 51.8 Å². The van der Waals surface area contributed by atoms with Crippen LogP contribution >= 0.6 is 0 Å². The van der Waals surface area contributed by atoms with Gasteiger partial charge in [0.25, 0.3) is 0 Å². The predicted octanol–water partition coefficient (Wildman–Crippen LogP) is 5.83.